The van der Waals surface area contributed by atoms with Crippen molar-refractivity contribution in [3.63, 3.8) is 0 Å². The fraction of sp³-hybridized carbons (Fsp3) is 0.444. The van der Waals surface area contributed by atoms with E-state index in [0.717, 1.165) is 38.5 Å². The largest absolute Gasteiger partial charge is 0.493 e. The van der Waals surface area contributed by atoms with Crippen LogP contribution < -0.4 is 10.1 Å². The van der Waals surface area contributed by atoms with Crippen molar-refractivity contribution in [1.29, 1.82) is 0 Å². The number of nitrogens with one attached hydrogen (secondary N) is 1. The number of nitrogens with zero attached hydrogens (tertiary/aromatic N) is 1. The van der Waals surface area contributed by atoms with Gasteiger partial charge in [-0.05, 0) is 55.5 Å². The minimum atomic E-state index is -0.862. The van der Waals surface area contributed by atoms with Gasteiger partial charge in [0.15, 0.2) is 0 Å². The molecule has 1 N–H and O–H groups in total. The predicted octanol–water partition coefficient (Wildman–Crippen LogP) is 3.51. The maximum atomic E-state index is 13.2. The first kappa shape index (κ1) is 23.8. The number of carbonyl (C=O) groups excluding carboxylic acids is 3. The number of piperazine rings is 1. The van der Waals surface area contributed by atoms with Crippen molar-refractivity contribution in [3.8, 4) is 5.75 Å². The summed E-state index contributed by atoms with van der Waals surface area (Å²) in [7, 11) is 0. The number of rotatable bonds is 8. The Morgan fingerprint density at radius 2 is 1.71 bits per heavy atom. The minimum Gasteiger partial charge on any atom is -0.493 e. The Kier molecular flexibility index (Phi) is 8.17. The third-order valence-corrected chi connectivity index (χ3v) is 6.41. The van der Waals surface area contributed by atoms with Crippen LogP contribution in [0.15, 0.2) is 54.6 Å². The van der Waals surface area contributed by atoms with Crippen LogP contribution in [0.4, 0.5) is 0 Å². The molecule has 1 saturated heterocycles. The number of benzene rings is 2. The highest BCUT2D eigenvalue weighted by molar-refractivity contribution is 5.99. The minimum absolute atomic E-state index is 0.0773. The summed E-state index contributed by atoms with van der Waals surface area (Å²) in [5, 5.41) is 2.76. The van der Waals surface area contributed by atoms with E-state index < -0.39 is 12.0 Å². The maximum absolute atomic E-state index is 13.2. The van der Waals surface area contributed by atoms with E-state index in [0.29, 0.717) is 31.0 Å². The molecule has 180 valence electrons. The normalized spacial score (nSPS) is 18.8. The van der Waals surface area contributed by atoms with E-state index in [9.17, 15) is 14.4 Å². The number of carbonyl (C=O) groups is 3. The van der Waals surface area contributed by atoms with Gasteiger partial charge in [-0.15, -0.1) is 0 Å². The summed E-state index contributed by atoms with van der Waals surface area (Å²) in [4.78, 5) is 39.7. The third kappa shape index (κ3) is 6.37. The lowest BCUT2D eigenvalue weighted by atomic mass is 9.98. The van der Waals surface area contributed by atoms with E-state index in [1.165, 1.54) is 10.5 Å². The third-order valence-electron chi connectivity index (χ3n) is 6.41. The molecule has 2 fully saturated rings. The Balaban J connectivity index is 1.33. The molecule has 2 aromatic carbocycles. The summed E-state index contributed by atoms with van der Waals surface area (Å²) >= 11 is 0. The van der Waals surface area contributed by atoms with Gasteiger partial charge in [-0.2, -0.15) is 0 Å². The van der Waals surface area contributed by atoms with Gasteiger partial charge in [-0.1, -0.05) is 36.8 Å². The number of esters is 1. The van der Waals surface area contributed by atoms with Crippen LogP contribution in [-0.2, 0) is 20.7 Å². The molecular formula is C27H32N2O5. The van der Waals surface area contributed by atoms with E-state index in [2.05, 4.69) is 17.4 Å². The Hall–Kier alpha value is -3.35. The van der Waals surface area contributed by atoms with Gasteiger partial charge in [0, 0.05) is 25.1 Å². The van der Waals surface area contributed by atoms with E-state index in [1.54, 1.807) is 24.3 Å². The number of ether oxygens (including phenoxy) is 2. The summed E-state index contributed by atoms with van der Waals surface area (Å²) in [6, 6.07) is 16.1. The van der Waals surface area contributed by atoms with E-state index in [4.69, 9.17) is 9.47 Å². The Morgan fingerprint density at radius 3 is 2.44 bits per heavy atom. The Morgan fingerprint density at radius 1 is 0.971 bits per heavy atom. The average molecular weight is 465 g/mol. The number of hydrogen-bond donors (Lipinski definition) is 1. The zero-order chi connectivity index (χ0) is 23.8. The second-order valence-electron chi connectivity index (χ2n) is 8.87. The van der Waals surface area contributed by atoms with Crippen LogP contribution >= 0.6 is 0 Å². The van der Waals surface area contributed by atoms with Gasteiger partial charge in [0.2, 0.25) is 5.91 Å². The molecule has 0 aromatic heterocycles. The van der Waals surface area contributed by atoms with Crippen molar-refractivity contribution in [2.75, 3.05) is 19.7 Å². The summed E-state index contributed by atoms with van der Waals surface area (Å²) in [6.07, 6.45) is 5.59. The van der Waals surface area contributed by atoms with Crippen molar-refractivity contribution >= 4 is 17.8 Å². The molecule has 0 bridgehead atoms. The fourth-order valence-corrected chi connectivity index (χ4v) is 4.53. The van der Waals surface area contributed by atoms with Gasteiger partial charge in [0.1, 0.15) is 17.9 Å². The lowest BCUT2D eigenvalue weighted by Gasteiger charge is -2.35. The Labute approximate surface area is 200 Å². The summed E-state index contributed by atoms with van der Waals surface area (Å²) < 4.78 is 11.4. The van der Waals surface area contributed by atoms with Gasteiger partial charge >= 0.3 is 5.97 Å². The SMILES string of the molecule is O=C(CC1C(=O)NCCN1C(=O)c1ccc(OCCc2ccccc2)cc1)OC1CCCCC1. The molecule has 0 spiro atoms. The first-order chi connectivity index (χ1) is 16.6. The molecular weight excluding hydrogens is 432 g/mol. The molecule has 2 aliphatic rings. The molecule has 1 unspecified atom stereocenters. The molecule has 1 aliphatic heterocycles. The predicted molar refractivity (Wildman–Crippen MR) is 127 cm³/mol. The molecule has 4 rings (SSSR count). The van der Waals surface area contributed by atoms with Gasteiger partial charge in [-0.25, -0.2) is 0 Å². The summed E-state index contributed by atoms with van der Waals surface area (Å²) in [5.74, 6) is -0.340. The second-order valence-corrected chi connectivity index (χ2v) is 8.87. The molecule has 1 saturated carbocycles. The molecule has 7 nitrogen and oxygen atoms in total. The van der Waals surface area contributed by atoms with E-state index >= 15 is 0 Å². The van der Waals surface area contributed by atoms with Gasteiger partial charge in [0.25, 0.3) is 5.91 Å². The van der Waals surface area contributed by atoms with Crippen molar-refractivity contribution in [3.05, 3.63) is 65.7 Å². The van der Waals surface area contributed by atoms with Gasteiger partial charge in [0.05, 0.1) is 13.0 Å². The molecule has 34 heavy (non-hydrogen) atoms. The zero-order valence-electron chi connectivity index (χ0n) is 19.4. The summed E-state index contributed by atoms with van der Waals surface area (Å²) in [5.41, 5.74) is 1.65. The topological polar surface area (TPSA) is 84.9 Å². The van der Waals surface area contributed by atoms with Crippen molar-refractivity contribution in [2.24, 2.45) is 0 Å². The monoisotopic (exact) mass is 464 g/mol. The molecule has 7 heteroatoms. The lowest BCUT2D eigenvalue weighted by molar-refractivity contribution is -0.153. The quantitative estimate of drug-likeness (QED) is 0.605. The maximum Gasteiger partial charge on any atom is 0.308 e. The van der Waals surface area contributed by atoms with Crippen LogP contribution in [0, 0.1) is 0 Å². The van der Waals surface area contributed by atoms with Crippen molar-refractivity contribution in [2.45, 2.75) is 57.1 Å². The highest BCUT2D eigenvalue weighted by Gasteiger charge is 2.36. The molecule has 2 amide bonds. The standard InChI is InChI=1S/C27H32N2O5/c30-25(34-23-9-5-2-6-10-23)19-24-26(31)28-16-17-29(24)27(32)21-11-13-22(14-12-21)33-18-15-20-7-3-1-4-8-20/h1,3-4,7-8,11-14,23-24H,2,5-6,9-10,15-19H2,(H,28,31). The zero-order valence-corrected chi connectivity index (χ0v) is 19.4. The molecule has 0 radical (unpaired) electrons. The number of amides is 2. The van der Waals surface area contributed by atoms with Crippen molar-refractivity contribution < 1.29 is 23.9 Å². The fourth-order valence-electron chi connectivity index (χ4n) is 4.53. The molecule has 1 aliphatic carbocycles. The number of hydrogen-bond acceptors (Lipinski definition) is 5. The van der Waals surface area contributed by atoms with Crippen LogP contribution in [-0.4, -0.2) is 54.5 Å². The lowest BCUT2D eigenvalue weighted by Crippen LogP contribution is -2.58. The van der Waals surface area contributed by atoms with Crippen LogP contribution in [0.2, 0.25) is 0 Å². The summed E-state index contributed by atoms with van der Waals surface area (Å²) in [6.45, 7) is 1.25. The van der Waals surface area contributed by atoms with E-state index in [1.807, 2.05) is 18.2 Å². The van der Waals surface area contributed by atoms with Crippen LogP contribution in [0.1, 0.15) is 54.4 Å². The average Bonchev–Trinajstić information content (AvgIpc) is 2.86. The van der Waals surface area contributed by atoms with Gasteiger partial charge in [-0.3, -0.25) is 14.4 Å². The van der Waals surface area contributed by atoms with Crippen molar-refractivity contribution in [1.82, 2.24) is 10.2 Å². The van der Waals surface area contributed by atoms with E-state index in [-0.39, 0.29) is 24.3 Å². The van der Waals surface area contributed by atoms with Crippen LogP contribution in [0.3, 0.4) is 0 Å². The second kappa shape index (κ2) is 11.7. The van der Waals surface area contributed by atoms with Crippen LogP contribution in [0.25, 0.3) is 0 Å². The molecule has 2 aromatic rings. The van der Waals surface area contributed by atoms with Crippen LogP contribution in [0.5, 0.6) is 5.75 Å². The first-order valence-corrected chi connectivity index (χ1v) is 12.1. The molecule has 1 atom stereocenters. The highest BCUT2D eigenvalue weighted by Crippen LogP contribution is 2.22. The highest BCUT2D eigenvalue weighted by atomic mass is 16.5. The van der Waals surface area contributed by atoms with Gasteiger partial charge < -0.3 is 19.7 Å². The first-order valence-electron chi connectivity index (χ1n) is 12.1. The Bertz CT molecular complexity index is 970. The molecule has 1 heterocycles. The smallest absolute Gasteiger partial charge is 0.308 e.